The van der Waals surface area contributed by atoms with Crippen LogP contribution in [-0.4, -0.2) is 16.6 Å². The molecule has 0 saturated heterocycles. The van der Waals surface area contributed by atoms with Crippen LogP contribution in [0.25, 0.3) is 0 Å². The van der Waals surface area contributed by atoms with E-state index in [2.05, 4.69) is 43.0 Å². The molecule has 0 radical (unpaired) electrons. The summed E-state index contributed by atoms with van der Waals surface area (Å²) in [6.45, 7) is 6.84. The summed E-state index contributed by atoms with van der Waals surface area (Å²) in [6, 6.07) is 32.0. The maximum absolute atomic E-state index is 11.9. The zero-order chi connectivity index (χ0) is 22.4. The van der Waals surface area contributed by atoms with Crippen molar-refractivity contribution >= 4 is 0 Å². The molecule has 1 heterocycles. The van der Waals surface area contributed by atoms with Gasteiger partial charge in [-0.25, -0.2) is 0 Å². The van der Waals surface area contributed by atoms with Crippen molar-refractivity contribution in [2.24, 2.45) is 0 Å². The minimum absolute atomic E-state index is 0.539. The molecule has 0 bridgehead atoms. The van der Waals surface area contributed by atoms with Gasteiger partial charge in [0.25, 0.3) is 0 Å². The molecule has 1 N–H and O–H groups in total. The van der Waals surface area contributed by atoms with Gasteiger partial charge in [0, 0.05) is 6.54 Å². The molecule has 3 aromatic carbocycles. The SMILES string of the molecule is CCCN(Cc1ccc(C)cc1)Cc1ccc(C(O)(c2ccccc2)c2ccccc2)o1. The molecule has 0 unspecified atom stereocenters. The molecular formula is C29H31NO2. The summed E-state index contributed by atoms with van der Waals surface area (Å²) in [6.07, 6.45) is 1.07. The molecule has 0 fully saturated rings. The Morgan fingerprint density at radius 3 is 1.91 bits per heavy atom. The van der Waals surface area contributed by atoms with Gasteiger partial charge in [-0.2, -0.15) is 0 Å². The minimum atomic E-state index is -1.34. The first-order valence-corrected chi connectivity index (χ1v) is 11.3. The van der Waals surface area contributed by atoms with Crippen LogP contribution in [0.1, 0.15) is 47.1 Å². The van der Waals surface area contributed by atoms with Gasteiger partial charge in [0.2, 0.25) is 0 Å². The summed E-state index contributed by atoms with van der Waals surface area (Å²) >= 11 is 0. The highest BCUT2D eigenvalue weighted by molar-refractivity contribution is 5.43. The molecule has 32 heavy (non-hydrogen) atoms. The van der Waals surface area contributed by atoms with Gasteiger partial charge in [-0.05, 0) is 48.7 Å². The Balaban J connectivity index is 1.62. The van der Waals surface area contributed by atoms with Crippen LogP contribution in [0, 0.1) is 6.92 Å². The highest BCUT2D eigenvalue weighted by atomic mass is 16.4. The number of aryl methyl sites for hydroxylation is 1. The standard InChI is InChI=1S/C29H31NO2/c1-3-20-30(21-24-16-14-23(2)15-17-24)22-27-18-19-28(32-27)29(31,25-10-6-4-7-11-25)26-12-8-5-9-13-26/h4-19,31H,3,20-22H2,1-2H3. The first kappa shape index (κ1) is 22.1. The molecule has 4 aromatic rings. The van der Waals surface area contributed by atoms with Gasteiger partial charge in [0.1, 0.15) is 11.5 Å². The Kier molecular flexibility index (Phi) is 6.89. The van der Waals surface area contributed by atoms with Crippen LogP contribution in [0.15, 0.2) is 101 Å². The van der Waals surface area contributed by atoms with Gasteiger partial charge in [-0.1, -0.05) is 97.4 Å². The molecule has 4 rings (SSSR count). The predicted octanol–water partition coefficient (Wildman–Crippen LogP) is 6.28. The van der Waals surface area contributed by atoms with Crippen LogP contribution in [-0.2, 0) is 18.7 Å². The average molecular weight is 426 g/mol. The third-order valence-electron chi connectivity index (χ3n) is 5.85. The summed E-state index contributed by atoms with van der Waals surface area (Å²) in [5, 5.41) is 11.9. The molecule has 0 saturated carbocycles. The van der Waals surface area contributed by atoms with Crippen molar-refractivity contribution in [3.63, 3.8) is 0 Å². The number of benzene rings is 3. The highest BCUT2D eigenvalue weighted by Gasteiger charge is 2.37. The Bertz CT molecular complexity index is 1060. The van der Waals surface area contributed by atoms with Crippen molar-refractivity contribution in [1.29, 1.82) is 0 Å². The second-order valence-electron chi connectivity index (χ2n) is 8.40. The average Bonchev–Trinajstić information content (AvgIpc) is 3.30. The van der Waals surface area contributed by atoms with Gasteiger partial charge in [0.15, 0.2) is 5.60 Å². The Morgan fingerprint density at radius 1 is 0.750 bits per heavy atom. The highest BCUT2D eigenvalue weighted by Crippen LogP contribution is 2.37. The number of furan rings is 1. The molecule has 0 aliphatic carbocycles. The van der Waals surface area contributed by atoms with E-state index in [1.54, 1.807) is 0 Å². The van der Waals surface area contributed by atoms with Gasteiger partial charge in [-0.15, -0.1) is 0 Å². The normalized spacial score (nSPS) is 11.8. The molecule has 1 aromatic heterocycles. The Morgan fingerprint density at radius 2 is 1.34 bits per heavy atom. The van der Waals surface area contributed by atoms with Crippen LogP contribution >= 0.6 is 0 Å². The van der Waals surface area contributed by atoms with Crippen LogP contribution in [0.5, 0.6) is 0 Å². The quantitative estimate of drug-likeness (QED) is 0.343. The van der Waals surface area contributed by atoms with Gasteiger partial charge in [-0.3, -0.25) is 4.90 Å². The van der Waals surface area contributed by atoms with E-state index in [1.807, 2.05) is 72.8 Å². The van der Waals surface area contributed by atoms with Crippen molar-refractivity contribution < 1.29 is 9.52 Å². The van der Waals surface area contributed by atoms with Crippen molar-refractivity contribution in [2.75, 3.05) is 6.54 Å². The van der Waals surface area contributed by atoms with Crippen LogP contribution in [0.3, 0.4) is 0 Å². The largest absolute Gasteiger partial charge is 0.461 e. The number of nitrogens with zero attached hydrogens (tertiary/aromatic N) is 1. The molecule has 3 nitrogen and oxygen atoms in total. The summed E-state index contributed by atoms with van der Waals surface area (Å²) in [7, 11) is 0. The van der Waals surface area contributed by atoms with E-state index in [4.69, 9.17) is 4.42 Å². The van der Waals surface area contributed by atoms with E-state index in [1.165, 1.54) is 11.1 Å². The molecule has 0 aliphatic heterocycles. The van der Waals surface area contributed by atoms with Crippen molar-refractivity contribution in [3.8, 4) is 0 Å². The molecule has 3 heteroatoms. The third kappa shape index (κ3) is 4.85. The number of hydrogen-bond acceptors (Lipinski definition) is 3. The first-order valence-electron chi connectivity index (χ1n) is 11.3. The maximum Gasteiger partial charge on any atom is 0.173 e. The second kappa shape index (κ2) is 9.99. The van der Waals surface area contributed by atoms with Crippen LogP contribution in [0.2, 0.25) is 0 Å². The van der Waals surface area contributed by atoms with Crippen molar-refractivity contribution in [3.05, 3.63) is 131 Å². The molecule has 0 aliphatic rings. The molecule has 164 valence electrons. The van der Waals surface area contributed by atoms with E-state index < -0.39 is 5.60 Å². The van der Waals surface area contributed by atoms with Gasteiger partial charge >= 0.3 is 0 Å². The number of aliphatic hydroxyl groups is 1. The number of hydrogen-bond donors (Lipinski definition) is 1. The predicted molar refractivity (Wildman–Crippen MR) is 129 cm³/mol. The second-order valence-corrected chi connectivity index (χ2v) is 8.40. The van der Waals surface area contributed by atoms with Gasteiger partial charge < -0.3 is 9.52 Å². The van der Waals surface area contributed by atoms with Crippen LogP contribution in [0.4, 0.5) is 0 Å². The summed E-state index contributed by atoms with van der Waals surface area (Å²) in [4.78, 5) is 2.39. The van der Waals surface area contributed by atoms with Crippen molar-refractivity contribution in [2.45, 2.75) is 39.0 Å². The number of rotatable bonds is 9. The molecule has 0 atom stereocenters. The zero-order valence-corrected chi connectivity index (χ0v) is 18.9. The lowest BCUT2D eigenvalue weighted by molar-refractivity contribution is 0.0952. The van der Waals surface area contributed by atoms with E-state index in [0.717, 1.165) is 36.4 Å². The lowest BCUT2D eigenvalue weighted by Gasteiger charge is -2.27. The summed E-state index contributed by atoms with van der Waals surface area (Å²) in [5.74, 6) is 1.39. The van der Waals surface area contributed by atoms with E-state index in [0.29, 0.717) is 12.3 Å². The van der Waals surface area contributed by atoms with E-state index >= 15 is 0 Å². The monoisotopic (exact) mass is 425 g/mol. The smallest absolute Gasteiger partial charge is 0.173 e. The van der Waals surface area contributed by atoms with E-state index in [-0.39, 0.29) is 0 Å². The fourth-order valence-corrected chi connectivity index (χ4v) is 4.17. The van der Waals surface area contributed by atoms with Gasteiger partial charge in [0.05, 0.1) is 6.54 Å². The fraction of sp³-hybridized carbons (Fsp3) is 0.241. The molecule has 0 amide bonds. The topological polar surface area (TPSA) is 36.6 Å². The van der Waals surface area contributed by atoms with E-state index in [9.17, 15) is 5.11 Å². The maximum atomic E-state index is 11.9. The molecular weight excluding hydrogens is 394 g/mol. The minimum Gasteiger partial charge on any atom is -0.461 e. The van der Waals surface area contributed by atoms with Crippen LogP contribution < -0.4 is 0 Å². The summed E-state index contributed by atoms with van der Waals surface area (Å²) < 4.78 is 6.30. The fourth-order valence-electron chi connectivity index (χ4n) is 4.17. The Labute approximate surface area is 191 Å². The lowest BCUT2D eigenvalue weighted by atomic mass is 9.84. The lowest BCUT2D eigenvalue weighted by Crippen LogP contribution is -2.28. The summed E-state index contributed by atoms with van der Waals surface area (Å²) in [5.41, 5.74) is 2.80. The molecule has 0 spiro atoms. The Hall–Kier alpha value is -3.14. The first-order chi connectivity index (χ1) is 15.6. The zero-order valence-electron chi connectivity index (χ0n) is 18.9. The third-order valence-corrected chi connectivity index (χ3v) is 5.85. The van der Waals surface area contributed by atoms with Crippen molar-refractivity contribution in [1.82, 2.24) is 4.90 Å².